The average molecular weight is 204 g/mol. The van der Waals surface area contributed by atoms with Gasteiger partial charge in [0.2, 0.25) is 0 Å². The molecule has 0 radical (unpaired) electrons. The molecule has 0 spiro atoms. The van der Waals surface area contributed by atoms with Gasteiger partial charge < -0.3 is 9.67 Å². The molecule has 0 atom stereocenters. The number of aryl methyl sites for hydroxylation is 1. The predicted molar refractivity (Wildman–Crippen MR) is 51.2 cm³/mol. The summed E-state index contributed by atoms with van der Waals surface area (Å²) in [5.41, 5.74) is 0.769. The average Bonchev–Trinajstić information content (AvgIpc) is 2.64. The Kier molecular flexibility index (Phi) is 2.17. The van der Waals surface area contributed by atoms with E-state index >= 15 is 0 Å². The zero-order chi connectivity index (χ0) is 10.8. The first-order valence-corrected chi connectivity index (χ1v) is 4.21. The fraction of sp³-hybridized carbons (Fsp3) is 0.111. The van der Waals surface area contributed by atoms with Crippen LogP contribution in [0.4, 0.5) is 0 Å². The SMILES string of the molecule is Cn1cnnc1-c1cncc(C(=O)O)c1. The molecule has 0 amide bonds. The highest BCUT2D eigenvalue weighted by Gasteiger charge is 2.08. The molecular formula is C9H8N4O2. The Morgan fingerprint density at radius 3 is 2.87 bits per heavy atom. The first-order chi connectivity index (χ1) is 7.18. The predicted octanol–water partition coefficient (Wildman–Crippen LogP) is 0.575. The molecule has 0 aliphatic rings. The minimum atomic E-state index is -1.01. The van der Waals surface area contributed by atoms with Crippen LogP contribution in [-0.2, 0) is 7.05 Å². The monoisotopic (exact) mass is 204 g/mol. The number of rotatable bonds is 2. The van der Waals surface area contributed by atoms with Gasteiger partial charge in [0.1, 0.15) is 6.33 Å². The number of carboxylic acid groups (broad SMARTS) is 1. The molecule has 0 aliphatic carbocycles. The smallest absolute Gasteiger partial charge is 0.337 e. The summed E-state index contributed by atoms with van der Waals surface area (Å²) in [6.07, 6.45) is 4.39. The van der Waals surface area contributed by atoms with E-state index in [4.69, 9.17) is 5.11 Å². The van der Waals surface area contributed by atoms with Crippen LogP contribution in [0.25, 0.3) is 11.4 Å². The van der Waals surface area contributed by atoms with Crippen molar-refractivity contribution in [2.75, 3.05) is 0 Å². The van der Waals surface area contributed by atoms with Crippen molar-refractivity contribution in [1.82, 2.24) is 19.7 Å². The second-order valence-electron chi connectivity index (χ2n) is 3.03. The minimum absolute atomic E-state index is 0.135. The molecule has 0 bridgehead atoms. The Morgan fingerprint density at radius 1 is 1.47 bits per heavy atom. The standard InChI is InChI=1S/C9H8N4O2/c1-13-5-11-12-8(13)6-2-7(9(14)15)4-10-3-6/h2-5H,1H3,(H,14,15). The molecule has 76 valence electrons. The van der Waals surface area contributed by atoms with Gasteiger partial charge >= 0.3 is 5.97 Å². The van der Waals surface area contributed by atoms with Gasteiger partial charge in [0, 0.05) is 25.0 Å². The Labute approximate surface area is 85.2 Å². The van der Waals surface area contributed by atoms with Crippen molar-refractivity contribution in [1.29, 1.82) is 0 Å². The van der Waals surface area contributed by atoms with Crippen molar-refractivity contribution in [3.05, 3.63) is 30.4 Å². The molecule has 0 aliphatic heterocycles. The topological polar surface area (TPSA) is 80.9 Å². The van der Waals surface area contributed by atoms with Crippen LogP contribution in [0, 0.1) is 0 Å². The molecule has 0 aromatic carbocycles. The third-order valence-electron chi connectivity index (χ3n) is 1.95. The van der Waals surface area contributed by atoms with E-state index in [1.165, 1.54) is 12.3 Å². The van der Waals surface area contributed by atoms with Gasteiger partial charge in [0.25, 0.3) is 0 Å². The van der Waals surface area contributed by atoms with Crippen LogP contribution in [-0.4, -0.2) is 30.8 Å². The van der Waals surface area contributed by atoms with Crippen molar-refractivity contribution in [2.45, 2.75) is 0 Å². The molecule has 0 fully saturated rings. The van der Waals surface area contributed by atoms with E-state index in [9.17, 15) is 4.79 Å². The zero-order valence-electron chi connectivity index (χ0n) is 7.95. The van der Waals surface area contributed by atoms with E-state index < -0.39 is 5.97 Å². The van der Waals surface area contributed by atoms with E-state index in [1.807, 2.05) is 0 Å². The lowest BCUT2D eigenvalue weighted by Gasteiger charge is -2.00. The maximum atomic E-state index is 10.7. The van der Waals surface area contributed by atoms with Gasteiger partial charge in [-0.2, -0.15) is 0 Å². The largest absolute Gasteiger partial charge is 0.478 e. The molecule has 0 saturated carbocycles. The highest BCUT2D eigenvalue weighted by atomic mass is 16.4. The highest BCUT2D eigenvalue weighted by Crippen LogP contribution is 2.15. The van der Waals surface area contributed by atoms with Crippen molar-refractivity contribution in [2.24, 2.45) is 7.05 Å². The number of aromatic nitrogens is 4. The summed E-state index contributed by atoms with van der Waals surface area (Å²) in [6.45, 7) is 0. The Bertz CT molecular complexity index is 506. The molecule has 6 heteroatoms. The van der Waals surface area contributed by atoms with Crippen LogP contribution < -0.4 is 0 Å². The van der Waals surface area contributed by atoms with Gasteiger partial charge in [-0.3, -0.25) is 4.98 Å². The fourth-order valence-electron chi connectivity index (χ4n) is 1.22. The zero-order valence-corrected chi connectivity index (χ0v) is 7.95. The molecule has 2 aromatic rings. The van der Waals surface area contributed by atoms with Crippen molar-refractivity contribution < 1.29 is 9.90 Å². The van der Waals surface area contributed by atoms with E-state index in [-0.39, 0.29) is 5.56 Å². The van der Waals surface area contributed by atoms with Gasteiger partial charge in [0.15, 0.2) is 5.82 Å². The summed E-state index contributed by atoms with van der Waals surface area (Å²) in [5.74, 6) is -0.419. The van der Waals surface area contributed by atoms with Crippen molar-refractivity contribution in [3.8, 4) is 11.4 Å². The number of aromatic carboxylic acids is 1. The summed E-state index contributed by atoms with van der Waals surface area (Å²) >= 11 is 0. The summed E-state index contributed by atoms with van der Waals surface area (Å²) in [4.78, 5) is 14.6. The van der Waals surface area contributed by atoms with Crippen LogP contribution in [0.3, 0.4) is 0 Å². The van der Waals surface area contributed by atoms with Crippen LogP contribution in [0.1, 0.15) is 10.4 Å². The van der Waals surface area contributed by atoms with Crippen LogP contribution >= 0.6 is 0 Å². The Hall–Kier alpha value is -2.24. The molecule has 6 nitrogen and oxygen atoms in total. The normalized spacial score (nSPS) is 10.2. The highest BCUT2D eigenvalue weighted by molar-refractivity contribution is 5.88. The fourth-order valence-corrected chi connectivity index (χ4v) is 1.22. The lowest BCUT2D eigenvalue weighted by Crippen LogP contribution is -1.99. The molecule has 1 N–H and O–H groups in total. The molecule has 0 saturated heterocycles. The molecule has 2 aromatic heterocycles. The maximum Gasteiger partial charge on any atom is 0.337 e. The van der Waals surface area contributed by atoms with Gasteiger partial charge in [-0.25, -0.2) is 4.79 Å². The minimum Gasteiger partial charge on any atom is -0.478 e. The first-order valence-electron chi connectivity index (χ1n) is 4.21. The van der Waals surface area contributed by atoms with Gasteiger partial charge in [0.05, 0.1) is 5.56 Å². The van der Waals surface area contributed by atoms with E-state index in [2.05, 4.69) is 15.2 Å². The summed E-state index contributed by atoms with van der Waals surface area (Å²) in [6, 6.07) is 1.51. The molecule has 0 unspecified atom stereocenters. The molecule has 2 heterocycles. The van der Waals surface area contributed by atoms with Gasteiger partial charge in [-0.1, -0.05) is 0 Å². The van der Waals surface area contributed by atoms with Gasteiger partial charge in [-0.15, -0.1) is 10.2 Å². The number of carboxylic acids is 1. The quantitative estimate of drug-likeness (QED) is 0.773. The maximum absolute atomic E-state index is 10.7. The van der Waals surface area contributed by atoms with Crippen LogP contribution in [0.15, 0.2) is 24.8 Å². The number of pyridine rings is 1. The Balaban J connectivity index is 2.50. The second-order valence-corrected chi connectivity index (χ2v) is 3.03. The van der Waals surface area contributed by atoms with Crippen LogP contribution in [0.5, 0.6) is 0 Å². The van der Waals surface area contributed by atoms with Crippen molar-refractivity contribution in [3.63, 3.8) is 0 Å². The van der Waals surface area contributed by atoms with Gasteiger partial charge in [-0.05, 0) is 6.07 Å². The summed E-state index contributed by atoms with van der Waals surface area (Å²) < 4.78 is 1.70. The molecular weight excluding hydrogens is 196 g/mol. The van der Waals surface area contributed by atoms with E-state index in [1.54, 1.807) is 24.1 Å². The lowest BCUT2D eigenvalue weighted by molar-refractivity contribution is 0.0696. The Morgan fingerprint density at radius 2 is 2.27 bits per heavy atom. The third-order valence-corrected chi connectivity index (χ3v) is 1.95. The summed E-state index contributed by atoms with van der Waals surface area (Å²) in [5, 5.41) is 16.4. The number of hydrogen-bond donors (Lipinski definition) is 1. The van der Waals surface area contributed by atoms with Crippen LogP contribution in [0.2, 0.25) is 0 Å². The molecule has 2 rings (SSSR count). The third kappa shape index (κ3) is 1.69. The van der Waals surface area contributed by atoms with E-state index in [0.29, 0.717) is 11.4 Å². The number of carbonyl (C=O) groups is 1. The van der Waals surface area contributed by atoms with E-state index in [0.717, 1.165) is 0 Å². The van der Waals surface area contributed by atoms with Crippen molar-refractivity contribution >= 4 is 5.97 Å². The summed E-state index contributed by atoms with van der Waals surface area (Å²) in [7, 11) is 1.78. The number of nitrogens with zero attached hydrogens (tertiary/aromatic N) is 4. The first kappa shape index (κ1) is 9.32. The second kappa shape index (κ2) is 3.49. The molecule has 15 heavy (non-hydrogen) atoms. The lowest BCUT2D eigenvalue weighted by atomic mass is 10.2. The number of hydrogen-bond acceptors (Lipinski definition) is 4.